The molecule has 0 heterocycles. The molecule has 0 aliphatic heterocycles. The van der Waals surface area contributed by atoms with Crippen LogP contribution in [0.25, 0.3) is 0 Å². The van der Waals surface area contributed by atoms with E-state index >= 15 is 0 Å². The Morgan fingerprint density at radius 1 is 0.556 bits per heavy atom. The molecule has 0 aromatic rings. The highest BCUT2D eigenvalue weighted by Gasteiger charge is 2.31. The Kier molecular flexibility index (Phi) is 36.2. The van der Waals surface area contributed by atoms with E-state index in [0.29, 0.717) is 19.3 Å². The van der Waals surface area contributed by atoms with E-state index in [9.17, 15) is 19.5 Å². The van der Waals surface area contributed by atoms with Crippen molar-refractivity contribution >= 4 is 17.9 Å². The SMILES string of the molecule is CCCCCCCC/C=C/C/C=C/CCC(=O)OC(COCCC(C(=O)O)[N+](C)(C)C)COC(=O)CCCCCCCCCCCCCCCCCCC. The smallest absolute Gasteiger partial charge is 0.362 e. The van der Waals surface area contributed by atoms with Gasteiger partial charge >= 0.3 is 17.9 Å². The maximum Gasteiger partial charge on any atom is 0.362 e. The Morgan fingerprint density at radius 3 is 1.50 bits per heavy atom. The molecule has 316 valence electrons. The number of likely N-dealkylation sites (N-methyl/N-ethyl adjacent to an activating group) is 1. The average Bonchev–Trinajstić information content (AvgIpc) is 3.12. The maximum absolute atomic E-state index is 12.7. The summed E-state index contributed by atoms with van der Waals surface area (Å²) in [5.41, 5.74) is 0. The first-order chi connectivity index (χ1) is 26.1. The van der Waals surface area contributed by atoms with Crippen molar-refractivity contribution in [2.45, 2.75) is 212 Å². The quantitative estimate of drug-likeness (QED) is 0.0287. The van der Waals surface area contributed by atoms with Gasteiger partial charge in [0.15, 0.2) is 12.1 Å². The number of unbranched alkanes of at least 4 members (excludes halogenated alkanes) is 22. The zero-order chi connectivity index (χ0) is 40.0. The molecule has 0 aliphatic carbocycles. The maximum atomic E-state index is 12.7. The van der Waals surface area contributed by atoms with E-state index in [1.807, 2.05) is 27.2 Å². The predicted molar refractivity (Wildman–Crippen MR) is 225 cm³/mol. The van der Waals surface area contributed by atoms with Gasteiger partial charge in [0.05, 0.1) is 34.4 Å². The minimum Gasteiger partial charge on any atom is -0.477 e. The first-order valence-corrected chi connectivity index (χ1v) is 22.4. The van der Waals surface area contributed by atoms with Gasteiger partial charge in [0.25, 0.3) is 0 Å². The molecule has 8 heteroatoms. The van der Waals surface area contributed by atoms with Crippen LogP contribution in [-0.4, -0.2) is 80.6 Å². The van der Waals surface area contributed by atoms with Crippen LogP contribution in [0, 0.1) is 0 Å². The number of carboxylic acids is 1. The molecule has 0 aromatic heterocycles. The molecule has 0 amide bonds. The lowest BCUT2D eigenvalue weighted by Crippen LogP contribution is -2.50. The summed E-state index contributed by atoms with van der Waals surface area (Å²) in [5, 5.41) is 9.61. The van der Waals surface area contributed by atoms with Gasteiger partial charge in [-0.15, -0.1) is 0 Å². The van der Waals surface area contributed by atoms with E-state index in [1.165, 1.54) is 128 Å². The van der Waals surface area contributed by atoms with Crippen molar-refractivity contribution in [1.82, 2.24) is 0 Å². The fourth-order valence-electron chi connectivity index (χ4n) is 6.62. The number of allylic oxidation sites excluding steroid dienone is 4. The third-order valence-electron chi connectivity index (χ3n) is 10.1. The summed E-state index contributed by atoms with van der Waals surface area (Å²) >= 11 is 0. The van der Waals surface area contributed by atoms with Gasteiger partial charge in [-0.25, -0.2) is 4.79 Å². The summed E-state index contributed by atoms with van der Waals surface area (Å²) in [5.74, 6) is -1.54. The highest BCUT2D eigenvalue weighted by atomic mass is 16.6. The molecular weight excluding hydrogens is 679 g/mol. The van der Waals surface area contributed by atoms with E-state index in [2.05, 4.69) is 32.1 Å². The molecular formula is C46H86NO7+. The highest BCUT2D eigenvalue weighted by molar-refractivity contribution is 5.72. The molecule has 0 aromatic carbocycles. The molecule has 0 bridgehead atoms. The van der Waals surface area contributed by atoms with Gasteiger partial charge in [0.2, 0.25) is 0 Å². The number of rotatable bonds is 40. The van der Waals surface area contributed by atoms with E-state index < -0.39 is 18.1 Å². The van der Waals surface area contributed by atoms with Crippen molar-refractivity contribution in [1.29, 1.82) is 0 Å². The summed E-state index contributed by atoms with van der Waals surface area (Å²) in [4.78, 5) is 36.9. The van der Waals surface area contributed by atoms with E-state index in [1.54, 1.807) is 0 Å². The first kappa shape index (κ1) is 51.8. The zero-order valence-corrected chi connectivity index (χ0v) is 35.9. The summed E-state index contributed by atoms with van der Waals surface area (Å²) in [6.07, 6.45) is 40.9. The van der Waals surface area contributed by atoms with Crippen LogP contribution < -0.4 is 0 Å². The number of hydrogen-bond acceptors (Lipinski definition) is 6. The number of carbonyl (C=O) groups is 3. The predicted octanol–water partition coefficient (Wildman–Crippen LogP) is 12.1. The fraction of sp³-hybridized carbons (Fsp3) is 0.848. The third-order valence-corrected chi connectivity index (χ3v) is 10.1. The van der Waals surface area contributed by atoms with Crippen LogP contribution in [0.3, 0.4) is 0 Å². The normalized spacial score (nSPS) is 13.1. The minimum absolute atomic E-state index is 0.0425. The van der Waals surface area contributed by atoms with Crippen LogP contribution in [0.15, 0.2) is 24.3 Å². The summed E-state index contributed by atoms with van der Waals surface area (Å²) in [6, 6.07) is -0.620. The molecule has 0 radical (unpaired) electrons. The second-order valence-electron chi connectivity index (χ2n) is 16.3. The van der Waals surface area contributed by atoms with Gasteiger partial charge in [0.1, 0.15) is 6.61 Å². The van der Waals surface area contributed by atoms with Crippen LogP contribution in [-0.2, 0) is 28.6 Å². The standard InChI is InChI=1S/C46H85NO7/c1-6-8-10-12-14-16-18-20-21-22-23-25-26-28-30-32-34-36-44(48)53-41-42(40-52-39-38-43(46(50)51)47(3,4)5)54-45(49)37-35-33-31-29-27-24-19-17-15-13-11-9-7-2/h24,27,31,33,42-43H,6-23,25-26,28-30,32,34-41H2,1-5H3/p+1/b27-24+,33-31+. The molecule has 1 N–H and O–H groups in total. The summed E-state index contributed by atoms with van der Waals surface area (Å²) in [6.45, 7) is 4.68. The molecule has 0 saturated carbocycles. The number of nitrogens with zero attached hydrogens (tertiary/aromatic N) is 1. The second kappa shape index (κ2) is 37.7. The monoisotopic (exact) mass is 765 g/mol. The Labute approximate surface area is 332 Å². The Morgan fingerprint density at radius 2 is 1.02 bits per heavy atom. The molecule has 0 rings (SSSR count). The molecule has 0 saturated heterocycles. The van der Waals surface area contributed by atoms with Crippen molar-refractivity contribution in [2.24, 2.45) is 0 Å². The van der Waals surface area contributed by atoms with Crippen molar-refractivity contribution < 1.29 is 38.2 Å². The number of esters is 2. The van der Waals surface area contributed by atoms with Crippen molar-refractivity contribution in [3.05, 3.63) is 24.3 Å². The molecule has 0 fully saturated rings. The number of aliphatic carboxylic acids is 1. The lowest BCUT2D eigenvalue weighted by Gasteiger charge is -2.31. The largest absolute Gasteiger partial charge is 0.477 e. The number of quaternary nitrogens is 1. The Balaban J connectivity index is 4.35. The third kappa shape index (κ3) is 35.5. The van der Waals surface area contributed by atoms with Gasteiger partial charge in [-0.3, -0.25) is 9.59 Å². The van der Waals surface area contributed by atoms with Crippen molar-refractivity contribution in [3.8, 4) is 0 Å². The lowest BCUT2D eigenvalue weighted by atomic mass is 10.0. The average molecular weight is 765 g/mol. The van der Waals surface area contributed by atoms with Gasteiger partial charge in [-0.2, -0.15) is 0 Å². The highest BCUT2D eigenvalue weighted by Crippen LogP contribution is 2.15. The molecule has 2 atom stereocenters. The number of hydrogen-bond donors (Lipinski definition) is 1. The number of carbonyl (C=O) groups excluding carboxylic acids is 2. The van der Waals surface area contributed by atoms with Crippen molar-refractivity contribution in [3.63, 3.8) is 0 Å². The van der Waals surface area contributed by atoms with Crippen LogP contribution in [0.1, 0.15) is 200 Å². The molecule has 0 aliphatic rings. The number of carboxylic acid groups (broad SMARTS) is 1. The zero-order valence-electron chi connectivity index (χ0n) is 35.9. The van der Waals surface area contributed by atoms with Gasteiger partial charge in [-0.1, -0.05) is 173 Å². The first-order valence-electron chi connectivity index (χ1n) is 22.4. The molecule has 0 spiro atoms. The summed E-state index contributed by atoms with van der Waals surface area (Å²) in [7, 11) is 5.51. The Bertz CT molecular complexity index is 942. The fourth-order valence-corrected chi connectivity index (χ4v) is 6.62. The molecule has 8 nitrogen and oxygen atoms in total. The van der Waals surface area contributed by atoms with Gasteiger partial charge in [0, 0.05) is 19.3 Å². The topological polar surface area (TPSA) is 99.1 Å². The van der Waals surface area contributed by atoms with Crippen molar-refractivity contribution in [2.75, 3.05) is 41.0 Å². The molecule has 2 unspecified atom stereocenters. The van der Waals surface area contributed by atoms with Gasteiger partial charge < -0.3 is 23.8 Å². The number of ether oxygens (including phenoxy) is 3. The Hall–Kier alpha value is -2.19. The van der Waals surface area contributed by atoms with Crippen LogP contribution in [0.4, 0.5) is 0 Å². The van der Waals surface area contributed by atoms with E-state index in [-0.39, 0.29) is 42.7 Å². The van der Waals surface area contributed by atoms with E-state index in [0.717, 1.165) is 32.1 Å². The summed E-state index contributed by atoms with van der Waals surface area (Å²) < 4.78 is 17.2. The van der Waals surface area contributed by atoms with Crippen LogP contribution in [0.5, 0.6) is 0 Å². The molecule has 54 heavy (non-hydrogen) atoms. The van der Waals surface area contributed by atoms with Gasteiger partial charge in [-0.05, 0) is 32.1 Å². The second-order valence-corrected chi connectivity index (χ2v) is 16.3. The van der Waals surface area contributed by atoms with Crippen LogP contribution >= 0.6 is 0 Å². The minimum atomic E-state index is -0.881. The van der Waals surface area contributed by atoms with Crippen LogP contribution in [0.2, 0.25) is 0 Å². The lowest BCUT2D eigenvalue weighted by molar-refractivity contribution is -0.887. The van der Waals surface area contributed by atoms with E-state index in [4.69, 9.17) is 14.2 Å².